The molecule has 244 valence electrons. The van der Waals surface area contributed by atoms with E-state index in [1.165, 1.54) is 36.9 Å². The fourth-order valence-corrected chi connectivity index (χ4v) is 4.99. The molecular formula is C28H24F6N6O4S2. The molecule has 4 aromatic rings. The Bertz CT molecular complexity index is 1870. The van der Waals surface area contributed by atoms with Crippen molar-refractivity contribution in [2.75, 3.05) is 23.0 Å². The summed E-state index contributed by atoms with van der Waals surface area (Å²) in [5.41, 5.74) is 7.47. The topological polar surface area (TPSA) is 172 Å². The Balaban J connectivity index is 0.000000251. The fourth-order valence-electron chi connectivity index (χ4n) is 3.73. The van der Waals surface area contributed by atoms with E-state index < -0.39 is 72.5 Å². The van der Waals surface area contributed by atoms with Crippen LogP contribution in [0.4, 0.5) is 38.0 Å². The fraction of sp³-hybridized carbons (Fsp3) is 0.214. The lowest BCUT2D eigenvalue weighted by molar-refractivity contribution is -0.138. The van der Waals surface area contributed by atoms with E-state index in [-0.39, 0.29) is 17.1 Å². The summed E-state index contributed by atoms with van der Waals surface area (Å²) in [5, 5.41) is -0.205. The zero-order valence-electron chi connectivity index (χ0n) is 23.8. The Morgan fingerprint density at radius 1 is 0.717 bits per heavy atom. The highest BCUT2D eigenvalue weighted by Crippen LogP contribution is 2.34. The molecule has 46 heavy (non-hydrogen) atoms. The van der Waals surface area contributed by atoms with Gasteiger partial charge in [-0.15, -0.1) is 0 Å². The van der Waals surface area contributed by atoms with E-state index in [4.69, 9.17) is 11.5 Å². The first-order valence-corrected chi connectivity index (χ1v) is 15.6. The lowest BCUT2D eigenvalue weighted by Gasteiger charge is -2.12. The Labute approximate surface area is 262 Å². The third-order valence-electron chi connectivity index (χ3n) is 5.97. The highest BCUT2D eigenvalue weighted by Gasteiger charge is 2.36. The van der Waals surface area contributed by atoms with Gasteiger partial charge in [0.15, 0.2) is 16.7 Å². The highest BCUT2D eigenvalue weighted by atomic mass is 32.2. The summed E-state index contributed by atoms with van der Waals surface area (Å²) in [4.78, 5) is 39.6. The first-order valence-electron chi connectivity index (χ1n) is 12.9. The minimum atomic E-state index is -4.73. The maximum Gasteiger partial charge on any atom is 0.417 e. The number of thioether (sulfide) groups is 1. The van der Waals surface area contributed by atoms with Crippen LogP contribution in [0.3, 0.4) is 0 Å². The third-order valence-corrected chi connectivity index (χ3v) is 8.22. The molecule has 2 aromatic heterocycles. The summed E-state index contributed by atoms with van der Waals surface area (Å²) in [6.07, 6.45) is -7.37. The van der Waals surface area contributed by atoms with Crippen molar-refractivity contribution in [3.63, 3.8) is 0 Å². The van der Waals surface area contributed by atoms with Crippen LogP contribution in [0.5, 0.6) is 0 Å². The van der Waals surface area contributed by atoms with Crippen molar-refractivity contribution in [1.29, 1.82) is 0 Å². The predicted octanol–water partition coefficient (Wildman–Crippen LogP) is 5.52. The van der Waals surface area contributed by atoms with Gasteiger partial charge in [0.1, 0.15) is 11.6 Å². The molecule has 0 aliphatic rings. The minimum absolute atomic E-state index is 0.132. The zero-order valence-corrected chi connectivity index (χ0v) is 25.5. The third kappa shape index (κ3) is 8.36. The Hall–Kier alpha value is -4.58. The van der Waals surface area contributed by atoms with Crippen LogP contribution in [-0.4, -0.2) is 51.4 Å². The van der Waals surface area contributed by atoms with E-state index in [9.17, 15) is 44.3 Å². The summed E-state index contributed by atoms with van der Waals surface area (Å²) in [6, 6.07) is 8.74. The number of sulfone groups is 1. The van der Waals surface area contributed by atoms with E-state index >= 15 is 0 Å². The molecule has 0 aliphatic carbocycles. The Morgan fingerprint density at radius 3 is 1.54 bits per heavy atom. The lowest BCUT2D eigenvalue weighted by Crippen LogP contribution is -2.17. The van der Waals surface area contributed by atoms with Crippen molar-refractivity contribution in [2.24, 2.45) is 0 Å². The summed E-state index contributed by atoms with van der Waals surface area (Å²) in [6.45, 7) is 3.26. The summed E-state index contributed by atoms with van der Waals surface area (Å²) >= 11 is 1.32. The van der Waals surface area contributed by atoms with Crippen LogP contribution in [-0.2, 0) is 22.2 Å². The van der Waals surface area contributed by atoms with Crippen molar-refractivity contribution in [3.8, 4) is 0 Å². The van der Waals surface area contributed by atoms with Crippen molar-refractivity contribution >= 4 is 44.8 Å². The van der Waals surface area contributed by atoms with Gasteiger partial charge < -0.3 is 11.5 Å². The summed E-state index contributed by atoms with van der Waals surface area (Å²) in [5.74, 6) is -2.09. The molecule has 0 amide bonds. The quantitative estimate of drug-likeness (QED) is 0.103. The molecule has 10 nitrogen and oxygen atoms in total. The standard InChI is InChI=1S/C14H12F3N3O3S.C14H12F3N3OS/c1-2-24(22,23)13-19-7-9(12(18)20-13)11(21)8-5-3-4-6-10(8)14(15,16)17;1-2-22-13-19-7-9(12(18)20-13)11(21)8-5-3-4-6-10(8)14(15,16)17/h3-7H,2H2,1H3,(H2,18,19,20);3-7H,2H2,1H3,(H2,18,19,20). The molecule has 0 radical (unpaired) electrons. The van der Waals surface area contributed by atoms with E-state index in [0.717, 1.165) is 42.7 Å². The highest BCUT2D eigenvalue weighted by molar-refractivity contribution is 7.99. The zero-order chi connectivity index (χ0) is 34.4. The molecule has 0 spiro atoms. The minimum Gasteiger partial charge on any atom is -0.383 e. The summed E-state index contributed by atoms with van der Waals surface area (Å²) in [7, 11) is -3.75. The molecule has 4 N–H and O–H groups in total. The number of carbonyl (C=O) groups is 2. The van der Waals surface area contributed by atoms with Gasteiger partial charge in [0.25, 0.3) is 0 Å². The van der Waals surface area contributed by atoms with Crippen LogP contribution in [0, 0.1) is 0 Å². The monoisotopic (exact) mass is 686 g/mol. The maximum absolute atomic E-state index is 13.0. The molecule has 0 bridgehead atoms. The number of aromatic nitrogens is 4. The van der Waals surface area contributed by atoms with Gasteiger partial charge in [0.05, 0.1) is 28.0 Å². The van der Waals surface area contributed by atoms with Gasteiger partial charge in [-0.2, -0.15) is 26.3 Å². The molecule has 2 aromatic carbocycles. The smallest absolute Gasteiger partial charge is 0.383 e. The van der Waals surface area contributed by atoms with Crippen molar-refractivity contribution in [1.82, 2.24) is 19.9 Å². The first kappa shape index (κ1) is 35.9. The number of carbonyl (C=O) groups excluding carboxylic acids is 2. The van der Waals surface area contributed by atoms with Crippen LogP contribution in [0.15, 0.2) is 71.2 Å². The van der Waals surface area contributed by atoms with Gasteiger partial charge in [-0.3, -0.25) is 9.59 Å². The van der Waals surface area contributed by atoms with Crippen LogP contribution < -0.4 is 11.5 Å². The average molecular weight is 687 g/mol. The number of nitrogens with zero attached hydrogens (tertiary/aromatic N) is 4. The van der Waals surface area contributed by atoms with E-state index in [1.54, 1.807) is 0 Å². The van der Waals surface area contributed by atoms with Crippen molar-refractivity contribution in [3.05, 3.63) is 94.3 Å². The van der Waals surface area contributed by atoms with Crippen molar-refractivity contribution < 1.29 is 44.3 Å². The number of benzene rings is 2. The largest absolute Gasteiger partial charge is 0.417 e. The van der Waals surface area contributed by atoms with Crippen LogP contribution in [0.1, 0.15) is 56.8 Å². The molecule has 0 unspecified atom stereocenters. The van der Waals surface area contributed by atoms with Gasteiger partial charge in [-0.05, 0) is 17.9 Å². The van der Waals surface area contributed by atoms with Gasteiger partial charge in [-0.1, -0.05) is 62.0 Å². The molecule has 18 heteroatoms. The first-order chi connectivity index (χ1) is 21.4. The van der Waals surface area contributed by atoms with E-state index in [2.05, 4.69) is 19.9 Å². The summed E-state index contributed by atoms with van der Waals surface area (Å²) < 4.78 is 101. The number of halogens is 6. The number of anilines is 2. The Kier molecular flexibility index (Phi) is 11.1. The van der Waals surface area contributed by atoms with Crippen LogP contribution in [0.25, 0.3) is 0 Å². The van der Waals surface area contributed by atoms with Crippen LogP contribution in [0.2, 0.25) is 0 Å². The number of rotatable bonds is 8. The number of nitrogens with two attached hydrogens (primary N) is 2. The Morgan fingerprint density at radius 2 is 1.15 bits per heavy atom. The maximum atomic E-state index is 13.0. The van der Waals surface area contributed by atoms with Crippen LogP contribution >= 0.6 is 11.8 Å². The number of hydrogen-bond acceptors (Lipinski definition) is 11. The second-order valence-corrected chi connectivity index (χ2v) is 12.4. The van der Waals surface area contributed by atoms with E-state index in [1.807, 2.05) is 6.92 Å². The van der Waals surface area contributed by atoms with Crippen molar-refractivity contribution in [2.45, 2.75) is 36.5 Å². The second-order valence-electron chi connectivity index (χ2n) is 8.98. The van der Waals surface area contributed by atoms with Gasteiger partial charge in [0, 0.05) is 23.5 Å². The second kappa shape index (κ2) is 14.2. The van der Waals surface area contributed by atoms with Gasteiger partial charge >= 0.3 is 12.4 Å². The number of nitrogen functional groups attached to an aromatic ring is 2. The molecule has 4 rings (SSSR count). The lowest BCUT2D eigenvalue weighted by atomic mass is 9.99. The molecule has 2 heterocycles. The molecule has 0 aliphatic heterocycles. The van der Waals surface area contributed by atoms with Gasteiger partial charge in [-0.25, -0.2) is 28.4 Å². The number of hydrogen-bond donors (Lipinski definition) is 2. The van der Waals surface area contributed by atoms with E-state index in [0.29, 0.717) is 10.9 Å². The average Bonchev–Trinajstić information content (AvgIpc) is 3.00. The molecule has 0 fully saturated rings. The molecule has 0 saturated carbocycles. The molecule has 0 atom stereocenters. The molecular weight excluding hydrogens is 662 g/mol. The SMILES string of the molecule is CCS(=O)(=O)c1ncc(C(=O)c2ccccc2C(F)(F)F)c(N)n1.CCSc1ncc(C(=O)c2ccccc2C(F)(F)F)c(N)n1. The number of alkyl halides is 6. The predicted molar refractivity (Wildman–Crippen MR) is 157 cm³/mol. The normalized spacial score (nSPS) is 11.8. The number of ketones is 2. The van der Waals surface area contributed by atoms with Gasteiger partial charge in [0.2, 0.25) is 15.0 Å². The molecule has 0 saturated heterocycles.